The van der Waals surface area contributed by atoms with Gasteiger partial charge in [-0.25, -0.2) is 8.78 Å². The highest BCUT2D eigenvalue weighted by molar-refractivity contribution is 6.14. The van der Waals surface area contributed by atoms with Gasteiger partial charge < -0.3 is 30.0 Å². The van der Waals surface area contributed by atoms with E-state index in [-0.39, 0.29) is 91.9 Å². The van der Waals surface area contributed by atoms with Gasteiger partial charge in [-0.05, 0) is 134 Å². The standard InChI is InChI=1S/C34H37FN2O4.C34H33FN2O4/c2*1-22(2)32-31(34(41)36-27-12-8-5-9-13-27)30(24-10-6-4-7-11-24)33(25-14-16-26(35)17-15-25)37(32)19-18-28(39)21-29(40)20-23(3)38/h4-17,22,28-29,39-40H,18-21H2,1-3H3,(H,36,41);4-17,22H,18-21H2,1-3H3,(H,36,41)/t28-,29+;/m1./s1. The quantitative estimate of drug-likeness (QED) is 0.0432. The number of aliphatic hydroxyl groups excluding tert-OH is 2. The van der Waals surface area contributed by atoms with Crippen molar-refractivity contribution in [1.82, 2.24) is 9.13 Å². The first-order chi connectivity index (χ1) is 39.3. The second-order valence-corrected chi connectivity index (χ2v) is 21.1. The summed E-state index contributed by atoms with van der Waals surface area (Å²) < 4.78 is 32.0. The van der Waals surface area contributed by atoms with E-state index in [1.165, 1.54) is 38.1 Å². The van der Waals surface area contributed by atoms with Crippen molar-refractivity contribution in [2.75, 3.05) is 10.6 Å². The van der Waals surface area contributed by atoms with E-state index in [1.807, 2.05) is 158 Å². The fourth-order valence-electron chi connectivity index (χ4n) is 10.4. The van der Waals surface area contributed by atoms with Crippen LogP contribution in [-0.2, 0) is 32.3 Å². The minimum absolute atomic E-state index is 0.0133. The first kappa shape index (κ1) is 60.9. The second kappa shape index (κ2) is 28.6. The summed E-state index contributed by atoms with van der Waals surface area (Å²) in [7, 11) is 0. The molecule has 0 aliphatic carbocycles. The van der Waals surface area contributed by atoms with Crippen molar-refractivity contribution in [3.8, 4) is 44.8 Å². The molecule has 0 fully saturated rings. The molecule has 2 heterocycles. The SMILES string of the molecule is CC(=O)CC(=O)CC(=O)CCn1c(-c2ccc(F)cc2)c(-c2ccccc2)c(C(=O)Nc2ccccc2)c1C(C)C.CC(=O)C[C@H](O)C[C@H](O)CCn1c(-c2ccc(F)cc2)c(-c2ccccc2)c(C(=O)Nc2ccccc2)c1C(C)C. The first-order valence-electron chi connectivity index (χ1n) is 27.6. The highest BCUT2D eigenvalue weighted by atomic mass is 19.1. The number of aromatic nitrogens is 2. The van der Waals surface area contributed by atoms with E-state index in [0.29, 0.717) is 45.9 Å². The Labute approximate surface area is 477 Å². The average molecular weight is 1110 g/mol. The Hall–Kier alpha value is -8.72. The number of nitrogens with one attached hydrogen (secondary N) is 2. The monoisotopic (exact) mass is 1110 g/mol. The number of carbonyl (C=O) groups excluding carboxylic acids is 6. The van der Waals surface area contributed by atoms with Gasteiger partial charge in [-0.2, -0.15) is 0 Å². The van der Waals surface area contributed by atoms with E-state index in [4.69, 9.17) is 0 Å². The number of rotatable bonds is 24. The zero-order valence-electron chi connectivity index (χ0n) is 47.1. The normalized spacial score (nSPS) is 11.9. The van der Waals surface area contributed by atoms with Gasteiger partial charge >= 0.3 is 0 Å². The number of carbonyl (C=O) groups is 6. The fraction of sp³-hybridized carbons (Fsp3) is 0.265. The summed E-state index contributed by atoms with van der Waals surface area (Å²) in [6.07, 6.45) is -2.02. The maximum Gasteiger partial charge on any atom is 0.258 e. The number of halogens is 2. The van der Waals surface area contributed by atoms with Crippen LogP contribution >= 0.6 is 0 Å². The molecule has 0 bridgehead atoms. The molecule has 2 amide bonds. The fourth-order valence-corrected chi connectivity index (χ4v) is 10.4. The number of nitrogens with zero attached hydrogens (tertiary/aromatic N) is 2. The number of amides is 2. The van der Waals surface area contributed by atoms with E-state index < -0.39 is 23.8 Å². The molecule has 4 N–H and O–H groups in total. The van der Waals surface area contributed by atoms with Crippen molar-refractivity contribution in [2.24, 2.45) is 0 Å². The lowest BCUT2D eigenvalue weighted by Crippen LogP contribution is -2.22. The summed E-state index contributed by atoms with van der Waals surface area (Å²) in [6, 6.07) is 49.8. The molecule has 0 saturated carbocycles. The molecule has 8 rings (SSSR count). The third-order valence-corrected chi connectivity index (χ3v) is 13.8. The Morgan fingerprint density at radius 1 is 0.463 bits per heavy atom. The molecule has 424 valence electrons. The molecule has 6 aromatic carbocycles. The molecule has 14 heteroatoms. The van der Waals surface area contributed by atoms with Crippen LogP contribution in [0.3, 0.4) is 0 Å². The van der Waals surface area contributed by atoms with Gasteiger partial charge in [0.2, 0.25) is 0 Å². The number of Topliss-reactive ketones (excluding diaryl/α,β-unsaturated/α-hetero) is 4. The molecule has 0 radical (unpaired) electrons. The van der Waals surface area contributed by atoms with Crippen LogP contribution in [0.25, 0.3) is 44.8 Å². The largest absolute Gasteiger partial charge is 0.393 e. The van der Waals surface area contributed by atoms with E-state index in [1.54, 1.807) is 24.3 Å². The van der Waals surface area contributed by atoms with Crippen LogP contribution in [0.4, 0.5) is 20.2 Å². The number of ketones is 4. The Morgan fingerprint density at radius 2 is 0.854 bits per heavy atom. The number of benzene rings is 6. The molecular weight excluding hydrogens is 1040 g/mol. The summed E-state index contributed by atoms with van der Waals surface area (Å²) in [5, 5.41) is 27.1. The third-order valence-electron chi connectivity index (χ3n) is 13.8. The second-order valence-electron chi connectivity index (χ2n) is 21.1. The molecule has 0 aliphatic heterocycles. The van der Waals surface area contributed by atoms with Crippen molar-refractivity contribution in [1.29, 1.82) is 0 Å². The molecule has 82 heavy (non-hydrogen) atoms. The zero-order valence-corrected chi connectivity index (χ0v) is 47.1. The van der Waals surface area contributed by atoms with Crippen LogP contribution in [-0.4, -0.2) is 66.5 Å². The number of hydrogen-bond acceptors (Lipinski definition) is 8. The van der Waals surface area contributed by atoms with Gasteiger partial charge in [-0.15, -0.1) is 0 Å². The highest BCUT2D eigenvalue weighted by Crippen LogP contribution is 2.44. The lowest BCUT2D eigenvalue weighted by atomic mass is 9.94. The lowest BCUT2D eigenvalue weighted by Gasteiger charge is -2.20. The maximum atomic E-state index is 14.1. The van der Waals surface area contributed by atoms with Crippen molar-refractivity contribution in [3.05, 3.63) is 204 Å². The van der Waals surface area contributed by atoms with Crippen molar-refractivity contribution in [3.63, 3.8) is 0 Å². The van der Waals surface area contributed by atoms with E-state index in [0.717, 1.165) is 39.3 Å². The summed E-state index contributed by atoms with van der Waals surface area (Å²) >= 11 is 0. The van der Waals surface area contributed by atoms with Crippen molar-refractivity contribution < 1.29 is 47.8 Å². The molecule has 0 aliphatic rings. The number of hydrogen-bond donors (Lipinski definition) is 4. The Morgan fingerprint density at radius 3 is 1.23 bits per heavy atom. The maximum absolute atomic E-state index is 14.1. The van der Waals surface area contributed by atoms with E-state index >= 15 is 0 Å². The van der Waals surface area contributed by atoms with E-state index in [2.05, 4.69) is 10.6 Å². The molecule has 2 atom stereocenters. The van der Waals surface area contributed by atoms with Gasteiger partial charge in [0.15, 0.2) is 0 Å². The molecule has 12 nitrogen and oxygen atoms in total. The van der Waals surface area contributed by atoms with Crippen LogP contribution in [0.15, 0.2) is 170 Å². The molecule has 2 aromatic heterocycles. The number of para-hydroxylation sites is 2. The minimum atomic E-state index is -0.930. The smallest absolute Gasteiger partial charge is 0.258 e. The topological polar surface area (TPSA) is 177 Å². The lowest BCUT2D eigenvalue weighted by molar-refractivity contribution is -0.129. The van der Waals surface area contributed by atoms with Gasteiger partial charge in [-0.3, -0.25) is 28.8 Å². The van der Waals surface area contributed by atoms with Crippen LogP contribution in [0.5, 0.6) is 0 Å². The number of anilines is 2. The van der Waals surface area contributed by atoms with Gasteiger partial charge in [0, 0.05) is 59.8 Å². The van der Waals surface area contributed by atoms with Crippen LogP contribution in [0.2, 0.25) is 0 Å². The Balaban J connectivity index is 0.000000236. The van der Waals surface area contributed by atoms with Gasteiger partial charge in [0.05, 0.1) is 47.6 Å². The predicted octanol–water partition coefficient (Wildman–Crippen LogP) is 14.1. The molecule has 0 unspecified atom stereocenters. The van der Waals surface area contributed by atoms with E-state index in [9.17, 15) is 47.8 Å². The van der Waals surface area contributed by atoms with Gasteiger partial charge in [0.25, 0.3) is 11.8 Å². The van der Waals surface area contributed by atoms with Crippen LogP contribution in [0.1, 0.15) is 124 Å². The van der Waals surface area contributed by atoms with Gasteiger partial charge in [0.1, 0.15) is 34.8 Å². The average Bonchev–Trinajstić information content (AvgIpc) is 2.24. The molecule has 0 spiro atoms. The zero-order chi connectivity index (χ0) is 59.0. The van der Waals surface area contributed by atoms with Gasteiger partial charge in [-0.1, -0.05) is 125 Å². The first-order valence-corrected chi connectivity index (χ1v) is 27.6. The highest BCUT2D eigenvalue weighted by Gasteiger charge is 2.33. The van der Waals surface area contributed by atoms with Crippen molar-refractivity contribution >= 4 is 46.3 Å². The minimum Gasteiger partial charge on any atom is -0.393 e. The van der Waals surface area contributed by atoms with Crippen LogP contribution in [0, 0.1) is 11.6 Å². The molecule has 0 saturated heterocycles. The molecule has 8 aromatic rings. The summed E-state index contributed by atoms with van der Waals surface area (Å²) in [6.45, 7) is 11.3. The Bertz CT molecular complexity index is 3490. The molecular formula is C68H70F2N4O8. The predicted molar refractivity (Wildman–Crippen MR) is 319 cm³/mol. The van der Waals surface area contributed by atoms with Crippen LogP contribution < -0.4 is 10.6 Å². The Kier molecular flexibility index (Phi) is 21.3. The summed E-state index contributed by atoms with van der Waals surface area (Å²) in [5.74, 6) is -2.66. The third kappa shape index (κ3) is 15.8. The number of aliphatic hydroxyl groups is 2. The summed E-state index contributed by atoms with van der Waals surface area (Å²) in [5.41, 5.74) is 9.67. The van der Waals surface area contributed by atoms with Crippen molar-refractivity contribution in [2.45, 2.75) is 117 Å². The summed E-state index contributed by atoms with van der Waals surface area (Å²) in [4.78, 5) is 75.8.